The van der Waals surface area contributed by atoms with E-state index in [-0.39, 0.29) is 0 Å². The fourth-order valence-corrected chi connectivity index (χ4v) is 2.59. The fourth-order valence-electron chi connectivity index (χ4n) is 1.98. The molecule has 0 aliphatic heterocycles. The Morgan fingerprint density at radius 3 is 2.79 bits per heavy atom. The van der Waals surface area contributed by atoms with Crippen molar-refractivity contribution in [3.8, 4) is 11.4 Å². The Bertz CT molecular complexity index is 750. The lowest BCUT2D eigenvalue weighted by molar-refractivity contribution is 1.21. The Labute approximate surface area is 118 Å². The number of fused-ring (bicyclic) bond motifs is 1. The van der Waals surface area contributed by atoms with Gasteiger partial charge in [-0.2, -0.15) is 0 Å². The van der Waals surface area contributed by atoms with Crippen LogP contribution < -0.4 is 5.73 Å². The predicted molar refractivity (Wildman–Crippen MR) is 79.6 cm³/mol. The summed E-state index contributed by atoms with van der Waals surface area (Å²) in [6.45, 7) is 2.03. The van der Waals surface area contributed by atoms with Gasteiger partial charge in [0.2, 0.25) is 0 Å². The quantitative estimate of drug-likeness (QED) is 0.748. The summed E-state index contributed by atoms with van der Waals surface area (Å²) in [7, 11) is 0. The normalized spacial score (nSPS) is 10.8. The number of anilines is 1. The molecule has 0 aliphatic carbocycles. The van der Waals surface area contributed by atoms with Crippen molar-refractivity contribution in [2.75, 3.05) is 5.73 Å². The molecule has 5 heteroatoms. The summed E-state index contributed by atoms with van der Waals surface area (Å²) in [6, 6.07) is 7.92. The summed E-state index contributed by atoms with van der Waals surface area (Å²) in [6.07, 6.45) is 3.43. The first kappa shape index (κ1) is 12.0. The largest absolute Gasteiger partial charge is 0.382 e. The summed E-state index contributed by atoms with van der Waals surface area (Å²) in [5.74, 6) is 1.07. The molecule has 0 saturated carbocycles. The van der Waals surface area contributed by atoms with E-state index in [0.29, 0.717) is 17.2 Å². The Balaban J connectivity index is 2.22. The molecular formula is C14H11BrN4. The molecule has 0 spiro atoms. The topological polar surface area (TPSA) is 64.7 Å². The van der Waals surface area contributed by atoms with Gasteiger partial charge >= 0.3 is 0 Å². The molecule has 2 heterocycles. The SMILES string of the molecule is Cc1cc(Br)cc(-c2ncc3ccnc(N)c3n2)c1. The van der Waals surface area contributed by atoms with Gasteiger partial charge in [-0.3, -0.25) is 0 Å². The Hall–Kier alpha value is -2.01. The highest BCUT2D eigenvalue weighted by Crippen LogP contribution is 2.24. The van der Waals surface area contributed by atoms with E-state index in [0.717, 1.165) is 21.0 Å². The van der Waals surface area contributed by atoms with E-state index in [4.69, 9.17) is 5.73 Å². The van der Waals surface area contributed by atoms with Crippen molar-refractivity contribution in [1.29, 1.82) is 0 Å². The summed E-state index contributed by atoms with van der Waals surface area (Å²) in [5.41, 5.74) is 8.64. The smallest absolute Gasteiger partial charge is 0.159 e. The molecule has 3 rings (SSSR count). The van der Waals surface area contributed by atoms with Gasteiger partial charge in [0.25, 0.3) is 0 Å². The van der Waals surface area contributed by atoms with Crippen molar-refractivity contribution in [3.05, 3.63) is 46.7 Å². The van der Waals surface area contributed by atoms with Crippen LogP contribution in [-0.4, -0.2) is 15.0 Å². The van der Waals surface area contributed by atoms with Crippen LogP contribution in [-0.2, 0) is 0 Å². The van der Waals surface area contributed by atoms with Crippen molar-refractivity contribution < 1.29 is 0 Å². The van der Waals surface area contributed by atoms with Gasteiger partial charge in [0.05, 0.1) is 0 Å². The van der Waals surface area contributed by atoms with Crippen LogP contribution in [0.4, 0.5) is 5.82 Å². The van der Waals surface area contributed by atoms with Gasteiger partial charge in [-0.25, -0.2) is 15.0 Å². The molecule has 0 bridgehead atoms. The Morgan fingerprint density at radius 2 is 2.00 bits per heavy atom. The molecule has 19 heavy (non-hydrogen) atoms. The van der Waals surface area contributed by atoms with E-state index in [1.54, 1.807) is 12.4 Å². The predicted octanol–water partition coefficient (Wildman–Crippen LogP) is 3.34. The van der Waals surface area contributed by atoms with E-state index < -0.39 is 0 Å². The molecule has 0 radical (unpaired) electrons. The summed E-state index contributed by atoms with van der Waals surface area (Å²) >= 11 is 3.48. The third-order valence-electron chi connectivity index (χ3n) is 2.83. The minimum atomic E-state index is 0.424. The molecule has 4 nitrogen and oxygen atoms in total. The van der Waals surface area contributed by atoms with E-state index in [2.05, 4.69) is 30.9 Å². The highest BCUT2D eigenvalue weighted by Gasteiger charge is 2.07. The van der Waals surface area contributed by atoms with Gasteiger partial charge in [-0.05, 0) is 36.8 Å². The molecule has 0 fully saturated rings. The second kappa shape index (κ2) is 4.59. The monoisotopic (exact) mass is 314 g/mol. The number of aryl methyl sites for hydroxylation is 1. The van der Waals surface area contributed by atoms with Crippen molar-refractivity contribution >= 4 is 32.7 Å². The zero-order valence-electron chi connectivity index (χ0n) is 10.3. The zero-order valence-corrected chi connectivity index (χ0v) is 11.8. The number of hydrogen-bond acceptors (Lipinski definition) is 4. The van der Waals surface area contributed by atoms with Crippen LogP contribution in [0.25, 0.3) is 22.3 Å². The standard InChI is InChI=1S/C14H11BrN4/c1-8-4-10(6-11(15)5-8)14-18-7-9-2-3-17-13(16)12(9)19-14/h2-7H,1H3,(H2,16,17). The maximum absolute atomic E-state index is 5.85. The maximum atomic E-state index is 5.85. The fraction of sp³-hybridized carbons (Fsp3) is 0.0714. The summed E-state index contributed by atoms with van der Waals surface area (Å²) in [4.78, 5) is 12.9. The molecule has 2 N–H and O–H groups in total. The van der Waals surface area contributed by atoms with Crippen molar-refractivity contribution in [2.45, 2.75) is 6.92 Å². The summed E-state index contributed by atoms with van der Waals surface area (Å²) in [5, 5.41) is 0.892. The van der Waals surface area contributed by atoms with Crippen molar-refractivity contribution in [1.82, 2.24) is 15.0 Å². The van der Waals surface area contributed by atoms with Gasteiger partial charge in [0.15, 0.2) is 5.82 Å². The number of rotatable bonds is 1. The van der Waals surface area contributed by atoms with Crippen LogP contribution >= 0.6 is 15.9 Å². The van der Waals surface area contributed by atoms with Crippen LogP contribution in [0, 0.1) is 6.92 Å². The average Bonchev–Trinajstić information content (AvgIpc) is 2.38. The van der Waals surface area contributed by atoms with Crippen LogP contribution in [0.5, 0.6) is 0 Å². The minimum absolute atomic E-state index is 0.424. The highest BCUT2D eigenvalue weighted by molar-refractivity contribution is 9.10. The van der Waals surface area contributed by atoms with Crippen LogP contribution in [0.2, 0.25) is 0 Å². The number of nitrogens with two attached hydrogens (primary N) is 1. The second-order valence-corrected chi connectivity index (χ2v) is 5.26. The lowest BCUT2D eigenvalue weighted by atomic mass is 10.1. The number of nitrogen functional groups attached to an aromatic ring is 1. The van der Waals surface area contributed by atoms with E-state index in [1.165, 1.54) is 0 Å². The summed E-state index contributed by atoms with van der Waals surface area (Å²) < 4.78 is 1.00. The first-order chi connectivity index (χ1) is 9.13. The van der Waals surface area contributed by atoms with Gasteiger partial charge in [-0.15, -0.1) is 0 Å². The van der Waals surface area contributed by atoms with E-state index >= 15 is 0 Å². The molecule has 0 atom stereocenters. The molecule has 0 aliphatic rings. The molecular weight excluding hydrogens is 304 g/mol. The molecule has 2 aromatic heterocycles. The van der Waals surface area contributed by atoms with Crippen molar-refractivity contribution in [3.63, 3.8) is 0 Å². The third-order valence-corrected chi connectivity index (χ3v) is 3.29. The zero-order chi connectivity index (χ0) is 13.4. The second-order valence-electron chi connectivity index (χ2n) is 4.34. The number of hydrogen-bond donors (Lipinski definition) is 1. The third kappa shape index (κ3) is 2.29. The number of nitrogens with zero attached hydrogens (tertiary/aromatic N) is 3. The van der Waals surface area contributed by atoms with Crippen LogP contribution in [0.15, 0.2) is 41.1 Å². The number of halogens is 1. The van der Waals surface area contributed by atoms with Crippen LogP contribution in [0.1, 0.15) is 5.56 Å². The minimum Gasteiger partial charge on any atom is -0.382 e. The lowest BCUT2D eigenvalue weighted by Gasteiger charge is -2.05. The molecule has 3 aromatic rings. The van der Waals surface area contributed by atoms with E-state index in [9.17, 15) is 0 Å². The van der Waals surface area contributed by atoms with Gasteiger partial charge in [0.1, 0.15) is 11.3 Å². The molecule has 0 saturated heterocycles. The Morgan fingerprint density at radius 1 is 1.16 bits per heavy atom. The molecule has 94 valence electrons. The Kier molecular flexibility index (Phi) is 2.91. The molecule has 0 unspecified atom stereocenters. The lowest BCUT2D eigenvalue weighted by Crippen LogP contribution is -1.96. The number of benzene rings is 1. The van der Waals surface area contributed by atoms with Gasteiger partial charge < -0.3 is 5.73 Å². The first-order valence-electron chi connectivity index (χ1n) is 5.78. The molecule has 0 amide bonds. The average molecular weight is 315 g/mol. The number of pyridine rings is 1. The maximum Gasteiger partial charge on any atom is 0.159 e. The van der Waals surface area contributed by atoms with Crippen molar-refractivity contribution in [2.24, 2.45) is 0 Å². The van der Waals surface area contributed by atoms with Gasteiger partial charge in [-0.1, -0.05) is 15.9 Å². The van der Waals surface area contributed by atoms with Crippen LogP contribution in [0.3, 0.4) is 0 Å². The highest BCUT2D eigenvalue weighted by atomic mass is 79.9. The number of aromatic nitrogens is 3. The molecule has 1 aromatic carbocycles. The first-order valence-corrected chi connectivity index (χ1v) is 6.57. The van der Waals surface area contributed by atoms with Gasteiger partial charge in [0, 0.05) is 27.8 Å². The van der Waals surface area contributed by atoms with E-state index in [1.807, 2.05) is 31.2 Å².